The molecule has 114 valence electrons. The summed E-state index contributed by atoms with van der Waals surface area (Å²) in [6, 6.07) is 10.7. The van der Waals surface area contributed by atoms with Crippen LogP contribution in [-0.4, -0.2) is 25.0 Å². The molecule has 0 bridgehead atoms. The summed E-state index contributed by atoms with van der Waals surface area (Å²) in [7, 11) is 0. The first-order valence-electron chi connectivity index (χ1n) is 8.37. The fourth-order valence-electron chi connectivity index (χ4n) is 3.87. The number of amides is 1. The van der Waals surface area contributed by atoms with Crippen molar-refractivity contribution in [2.24, 2.45) is 0 Å². The van der Waals surface area contributed by atoms with E-state index >= 15 is 0 Å². The van der Waals surface area contributed by atoms with E-state index in [1.807, 2.05) is 0 Å². The molecule has 1 saturated heterocycles. The first kappa shape index (κ1) is 14.6. The summed E-state index contributed by atoms with van der Waals surface area (Å²) in [6.07, 6.45) is 8.25. The van der Waals surface area contributed by atoms with E-state index in [9.17, 15) is 4.79 Å². The fourth-order valence-corrected chi connectivity index (χ4v) is 3.87. The third-order valence-corrected chi connectivity index (χ3v) is 5.17. The van der Waals surface area contributed by atoms with E-state index in [4.69, 9.17) is 0 Å². The molecule has 0 radical (unpaired) electrons. The Balaban J connectivity index is 1.64. The first-order valence-corrected chi connectivity index (χ1v) is 8.37. The van der Waals surface area contributed by atoms with Crippen LogP contribution in [0, 0.1) is 0 Å². The highest BCUT2D eigenvalue weighted by Crippen LogP contribution is 2.40. The molecule has 3 nitrogen and oxygen atoms in total. The van der Waals surface area contributed by atoms with Crippen LogP contribution in [0.3, 0.4) is 0 Å². The molecule has 1 aliphatic carbocycles. The number of carbonyl (C=O) groups is 1. The third-order valence-electron chi connectivity index (χ3n) is 5.17. The van der Waals surface area contributed by atoms with Gasteiger partial charge in [0, 0.05) is 12.0 Å². The summed E-state index contributed by atoms with van der Waals surface area (Å²) in [5.74, 6) is 0.192. The van der Waals surface area contributed by atoms with E-state index in [2.05, 4.69) is 41.0 Å². The highest BCUT2D eigenvalue weighted by molar-refractivity contribution is 5.81. The van der Waals surface area contributed by atoms with Gasteiger partial charge in [0.2, 0.25) is 5.91 Å². The van der Waals surface area contributed by atoms with Crippen molar-refractivity contribution in [3.8, 4) is 0 Å². The maximum absolute atomic E-state index is 12.4. The van der Waals surface area contributed by atoms with Crippen molar-refractivity contribution in [3.63, 3.8) is 0 Å². The molecule has 0 spiro atoms. The first-order chi connectivity index (χ1) is 10.3. The molecule has 21 heavy (non-hydrogen) atoms. The van der Waals surface area contributed by atoms with Crippen LogP contribution in [0.25, 0.3) is 0 Å². The Morgan fingerprint density at radius 2 is 1.90 bits per heavy atom. The lowest BCUT2D eigenvalue weighted by molar-refractivity contribution is -0.123. The summed E-state index contributed by atoms with van der Waals surface area (Å²) < 4.78 is 0. The van der Waals surface area contributed by atoms with Gasteiger partial charge in [0.1, 0.15) is 0 Å². The van der Waals surface area contributed by atoms with Crippen molar-refractivity contribution >= 4 is 5.91 Å². The summed E-state index contributed by atoms with van der Waals surface area (Å²) in [5, 5.41) is 6.57. The second kappa shape index (κ2) is 6.61. The van der Waals surface area contributed by atoms with Crippen molar-refractivity contribution in [3.05, 3.63) is 35.9 Å². The average molecular weight is 286 g/mol. The molecule has 3 heteroatoms. The normalized spacial score (nSPS) is 24.7. The Labute approximate surface area is 127 Å². The molecule has 2 aliphatic rings. The van der Waals surface area contributed by atoms with Gasteiger partial charge in [-0.15, -0.1) is 0 Å². The van der Waals surface area contributed by atoms with Crippen molar-refractivity contribution < 1.29 is 4.79 Å². The molecule has 0 aromatic heterocycles. The van der Waals surface area contributed by atoms with Crippen LogP contribution < -0.4 is 10.6 Å². The van der Waals surface area contributed by atoms with Gasteiger partial charge in [-0.25, -0.2) is 0 Å². The number of hydrogen-bond donors (Lipinski definition) is 2. The van der Waals surface area contributed by atoms with Crippen LogP contribution in [0.5, 0.6) is 0 Å². The Bertz CT molecular complexity index is 459. The number of hydrogen-bond acceptors (Lipinski definition) is 2. The smallest absolute Gasteiger partial charge is 0.237 e. The van der Waals surface area contributed by atoms with E-state index in [-0.39, 0.29) is 17.4 Å². The molecule has 2 N–H and O–H groups in total. The van der Waals surface area contributed by atoms with Gasteiger partial charge in [-0.2, -0.15) is 0 Å². The van der Waals surface area contributed by atoms with Gasteiger partial charge >= 0.3 is 0 Å². The topological polar surface area (TPSA) is 41.1 Å². The Hall–Kier alpha value is -1.35. The second-order valence-electron chi connectivity index (χ2n) is 6.57. The fraction of sp³-hybridized carbons (Fsp3) is 0.611. The van der Waals surface area contributed by atoms with Crippen LogP contribution in [0.2, 0.25) is 0 Å². The van der Waals surface area contributed by atoms with Crippen LogP contribution in [-0.2, 0) is 10.2 Å². The van der Waals surface area contributed by atoms with E-state index < -0.39 is 0 Å². The predicted molar refractivity (Wildman–Crippen MR) is 85.2 cm³/mol. The van der Waals surface area contributed by atoms with Gasteiger partial charge < -0.3 is 10.6 Å². The SMILES string of the molecule is O=C(NCC1(c2ccccc2)CCCC1)C1CCCCN1. The molecule has 2 fully saturated rings. The summed E-state index contributed by atoms with van der Waals surface area (Å²) in [4.78, 5) is 12.4. The number of piperidine rings is 1. The van der Waals surface area contributed by atoms with E-state index in [1.165, 1.54) is 37.7 Å². The minimum absolute atomic E-state index is 0.0213. The van der Waals surface area contributed by atoms with Crippen LogP contribution in [0.4, 0.5) is 0 Å². The molecule has 1 amide bonds. The van der Waals surface area contributed by atoms with Crippen LogP contribution in [0.15, 0.2) is 30.3 Å². The molecule has 1 aromatic carbocycles. The van der Waals surface area contributed by atoms with Crippen LogP contribution in [0.1, 0.15) is 50.5 Å². The Morgan fingerprint density at radius 3 is 2.57 bits per heavy atom. The molecular weight excluding hydrogens is 260 g/mol. The van der Waals surface area contributed by atoms with Gasteiger partial charge in [-0.1, -0.05) is 49.6 Å². The van der Waals surface area contributed by atoms with E-state index in [1.54, 1.807) is 0 Å². The zero-order valence-corrected chi connectivity index (χ0v) is 12.7. The Morgan fingerprint density at radius 1 is 1.14 bits per heavy atom. The average Bonchev–Trinajstić information content (AvgIpc) is 3.04. The van der Waals surface area contributed by atoms with Crippen molar-refractivity contribution in [1.29, 1.82) is 0 Å². The lowest BCUT2D eigenvalue weighted by atomic mass is 9.78. The molecule has 3 rings (SSSR count). The van der Waals surface area contributed by atoms with Gasteiger partial charge in [-0.3, -0.25) is 4.79 Å². The number of rotatable bonds is 4. The highest BCUT2D eigenvalue weighted by Gasteiger charge is 2.36. The lowest BCUT2D eigenvalue weighted by Crippen LogP contribution is -2.49. The van der Waals surface area contributed by atoms with Gasteiger partial charge in [-0.05, 0) is 37.8 Å². The molecule has 1 aromatic rings. The molecule has 1 atom stereocenters. The summed E-state index contributed by atoms with van der Waals surface area (Å²) in [5.41, 5.74) is 1.55. The maximum Gasteiger partial charge on any atom is 0.237 e. The zero-order valence-electron chi connectivity index (χ0n) is 12.7. The monoisotopic (exact) mass is 286 g/mol. The molecule has 1 saturated carbocycles. The minimum Gasteiger partial charge on any atom is -0.354 e. The van der Waals surface area contributed by atoms with Crippen molar-refractivity contribution in [2.45, 2.75) is 56.4 Å². The van der Waals surface area contributed by atoms with E-state index in [0.29, 0.717) is 0 Å². The largest absolute Gasteiger partial charge is 0.354 e. The molecule has 1 unspecified atom stereocenters. The summed E-state index contributed by atoms with van der Waals surface area (Å²) in [6.45, 7) is 1.76. The van der Waals surface area contributed by atoms with Crippen LogP contribution >= 0.6 is 0 Å². The van der Waals surface area contributed by atoms with Gasteiger partial charge in [0.15, 0.2) is 0 Å². The Kier molecular flexibility index (Phi) is 4.59. The van der Waals surface area contributed by atoms with Crippen molar-refractivity contribution in [1.82, 2.24) is 10.6 Å². The third kappa shape index (κ3) is 3.29. The van der Waals surface area contributed by atoms with Gasteiger partial charge in [0.25, 0.3) is 0 Å². The van der Waals surface area contributed by atoms with E-state index in [0.717, 1.165) is 25.9 Å². The molecule has 1 aliphatic heterocycles. The highest BCUT2D eigenvalue weighted by atomic mass is 16.2. The molecular formula is C18H26N2O. The maximum atomic E-state index is 12.4. The number of benzene rings is 1. The summed E-state index contributed by atoms with van der Waals surface area (Å²) >= 11 is 0. The van der Waals surface area contributed by atoms with Gasteiger partial charge in [0.05, 0.1) is 6.04 Å². The number of nitrogens with one attached hydrogen (secondary N) is 2. The minimum atomic E-state index is 0.0213. The quantitative estimate of drug-likeness (QED) is 0.893. The predicted octanol–water partition coefficient (Wildman–Crippen LogP) is 2.76. The molecule has 1 heterocycles. The zero-order chi connectivity index (χ0) is 14.5. The second-order valence-corrected chi connectivity index (χ2v) is 6.57. The number of carbonyl (C=O) groups excluding carboxylic acids is 1. The van der Waals surface area contributed by atoms with Crippen molar-refractivity contribution in [2.75, 3.05) is 13.1 Å². The lowest BCUT2D eigenvalue weighted by Gasteiger charge is -2.31. The standard InChI is InChI=1S/C18H26N2O/c21-17(16-10-4-7-13-19-16)20-14-18(11-5-6-12-18)15-8-2-1-3-9-15/h1-3,8-9,16,19H,4-7,10-14H2,(H,20,21).